The van der Waals surface area contributed by atoms with E-state index in [1.54, 1.807) is 6.07 Å². The van der Waals surface area contributed by atoms with Crippen LogP contribution in [0.25, 0.3) is 0 Å². The number of hydrogen-bond donors (Lipinski definition) is 1. The van der Waals surface area contributed by atoms with Gasteiger partial charge in [0.2, 0.25) is 0 Å². The normalized spacial score (nSPS) is 18.8. The van der Waals surface area contributed by atoms with Crippen LogP contribution in [0.1, 0.15) is 31.4 Å². The zero-order chi connectivity index (χ0) is 13.0. The zero-order valence-electron chi connectivity index (χ0n) is 10.6. The van der Waals surface area contributed by atoms with E-state index in [9.17, 15) is 4.39 Å². The molecule has 0 aromatic heterocycles. The summed E-state index contributed by atoms with van der Waals surface area (Å²) in [4.78, 5) is 0. The van der Waals surface area contributed by atoms with Crippen LogP contribution in [-0.4, -0.2) is 19.8 Å². The number of ether oxygens (including phenoxy) is 1. The third-order valence-electron chi connectivity index (χ3n) is 3.48. The summed E-state index contributed by atoms with van der Waals surface area (Å²) in [7, 11) is 0. The third kappa shape index (κ3) is 3.11. The van der Waals surface area contributed by atoms with Crippen molar-refractivity contribution in [2.75, 3.05) is 19.8 Å². The molecule has 100 valence electrons. The Balaban J connectivity index is 2.25. The maximum Gasteiger partial charge on any atom is 0.142 e. The summed E-state index contributed by atoms with van der Waals surface area (Å²) in [5, 5.41) is 3.42. The topological polar surface area (TPSA) is 21.3 Å². The average Bonchev–Trinajstić information content (AvgIpc) is 2.41. The van der Waals surface area contributed by atoms with Gasteiger partial charge in [0.15, 0.2) is 0 Å². The monoisotopic (exact) mass is 315 g/mol. The first-order valence-electron chi connectivity index (χ1n) is 6.49. The van der Waals surface area contributed by atoms with Gasteiger partial charge in [0, 0.05) is 24.8 Å². The predicted octanol–water partition coefficient (Wildman–Crippen LogP) is 3.67. The van der Waals surface area contributed by atoms with Gasteiger partial charge in [0.25, 0.3) is 0 Å². The molecule has 4 heteroatoms. The van der Waals surface area contributed by atoms with Crippen LogP contribution in [0.5, 0.6) is 0 Å². The number of hydrogen-bond acceptors (Lipinski definition) is 2. The fraction of sp³-hybridized carbons (Fsp3) is 0.571. The molecule has 1 aliphatic heterocycles. The van der Waals surface area contributed by atoms with Crippen molar-refractivity contribution in [1.29, 1.82) is 0 Å². The minimum absolute atomic E-state index is 0.0800. The molecule has 0 bridgehead atoms. The van der Waals surface area contributed by atoms with Crippen molar-refractivity contribution in [3.05, 3.63) is 34.1 Å². The molecule has 0 saturated carbocycles. The highest BCUT2D eigenvalue weighted by molar-refractivity contribution is 9.10. The average molecular weight is 316 g/mol. The van der Waals surface area contributed by atoms with Gasteiger partial charge in [-0.05, 0) is 47.3 Å². The quantitative estimate of drug-likeness (QED) is 0.915. The lowest BCUT2D eigenvalue weighted by Gasteiger charge is -2.31. The maximum atomic E-state index is 14.2. The summed E-state index contributed by atoms with van der Waals surface area (Å²) >= 11 is 3.26. The highest BCUT2D eigenvalue weighted by Gasteiger charge is 2.27. The molecule has 1 N–H and O–H groups in total. The standard InChI is InChI=1S/C14H19BrFNO/c1-2-17-14(10-6-8-18-9-7-10)11-4-3-5-12(15)13(11)16/h3-5,10,14,17H,2,6-9H2,1H3. The van der Waals surface area contributed by atoms with Crippen LogP contribution in [0.4, 0.5) is 4.39 Å². The van der Waals surface area contributed by atoms with Crippen LogP contribution in [0, 0.1) is 11.7 Å². The predicted molar refractivity (Wildman–Crippen MR) is 74.1 cm³/mol. The molecule has 1 aromatic rings. The van der Waals surface area contributed by atoms with Crippen LogP contribution in [0.15, 0.2) is 22.7 Å². The van der Waals surface area contributed by atoms with Gasteiger partial charge >= 0.3 is 0 Å². The molecule has 1 unspecified atom stereocenters. The highest BCUT2D eigenvalue weighted by Crippen LogP contribution is 2.33. The van der Waals surface area contributed by atoms with E-state index >= 15 is 0 Å². The Bertz CT molecular complexity index is 393. The number of benzene rings is 1. The molecule has 1 fully saturated rings. The number of nitrogens with one attached hydrogen (secondary N) is 1. The van der Waals surface area contributed by atoms with Crippen molar-refractivity contribution >= 4 is 15.9 Å². The van der Waals surface area contributed by atoms with Crippen molar-refractivity contribution in [3.8, 4) is 0 Å². The number of halogens is 2. The number of rotatable bonds is 4. The second kappa shape index (κ2) is 6.64. The summed E-state index contributed by atoms with van der Waals surface area (Å²) in [5.74, 6) is 0.303. The van der Waals surface area contributed by atoms with E-state index < -0.39 is 0 Å². The Hall–Kier alpha value is -0.450. The first-order chi connectivity index (χ1) is 8.74. The highest BCUT2D eigenvalue weighted by atomic mass is 79.9. The lowest BCUT2D eigenvalue weighted by molar-refractivity contribution is 0.0533. The fourth-order valence-corrected chi connectivity index (χ4v) is 2.94. The molecule has 0 spiro atoms. The minimum Gasteiger partial charge on any atom is -0.381 e. The second-order valence-corrected chi connectivity index (χ2v) is 5.48. The first-order valence-corrected chi connectivity index (χ1v) is 7.28. The van der Waals surface area contributed by atoms with Crippen LogP contribution in [0.2, 0.25) is 0 Å². The van der Waals surface area contributed by atoms with Crippen molar-refractivity contribution in [2.45, 2.75) is 25.8 Å². The molecule has 18 heavy (non-hydrogen) atoms. The smallest absolute Gasteiger partial charge is 0.142 e. The SMILES string of the molecule is CCNC(c1cccc(Br)c1F)C1CCOCC1. The molecule has 1 aromatic carbocycles. The zero-order valence-corrected chi connectivity index (χ0v) is 12.2. The van der Waals surface area contributed by atoms with Gasteiger partial charge in [0.05, 0.1) is 4.47 Å². The molecule has 1 atom stereocenters. The minimum atomic E-state index is -0.144. The summed E-state index contributed by atoms with van der Waals surface area (Å²) in [6.45, 7) is 4.46. The van der Waals surface area contributed by atoms with E-state index in [0.29, 0.717) is 10.4 Å². The van der Waals surface area contributed by atoms with E-state index in [1.165, 1.54) is 0 Å². The Morgan fingerprint density at radius 2 is 2.17 bits per heavy atom. The molecule has 1 saturated heterocycles. The van der Waals surface area contributed by atoms with Gasteiger partial charge in [-0.15, -0.1) is 0 Å². The summed E-state index contributed by atoms with van der Waals surface area (Å²) < 4.78 is 20.1. The Morgan fingerprint density at radius 3 is 2.83 bits per heavy atom. The molecular weight excluding hydrogens is 297 g/mol. The Kier molecular flexibility index (Phi) is 5.15. The Labute approximate surface area is 116 Å². The molecular formula is C14H19BrFNO. The molecule has 1 heterocycles. The lowest BCUT2D eigenvalue weighted by atomic mass is 9.87. The van der Waals surface area contributed by atoms with Gasteiger partial charge < -0.3 is 10.1 Å². The van der Waals surface area contributed by atoms with Gasteiger partial charge in [-0.2, -0.15) is 0 Å². The molecule has 2 nitrogen and oxygen atoms in total. The second-order valence-electron chi connectivity index (χ2n) is 4.63. The van der Waals surface area contributed by atoms with E-state index in [2.05, 4.69) is 28.2 Å². The van der Waals surface area contributed by atoms with Crippen LogP contribution in [-0.2, 0) is 4.74 Å². The largest absolute Gasteiger partial charge is 0.381 e. The fourth-order valence-electron chi connectivity index (χ4n) is 2.56. The van der Waals surface area contributed by atoms with E-state index in [0.717, 1.165) is 38.2 Å². The van der Waals surface area contributed by atoms with Crippen LogP contribution in [0.3, 0.4) is 0 Å². The molecule has 1 aliphatic rings. The molecule has 0 amide bonds. The Morgan fingerprint density at radius 1 is 1.44 bits per heavy atom. The van der Waals surface area contributed by atoms with Crippen molar-refractivity contribution in [3.63, 3.8) is 0 Å². The van der Waals surface area contributed by atoms with E-state index in [4.69, 9.17) is 4.74 Å². The lowest BCUT2D eigenvalue weighted by Crippen LogP contribution is -2.32. The van der Waals surface area contributed by atoms with E-state index in [-0.39, 0.29) is 11.9 Å². The van der Waals surface area contributed by atoms with Crippen molar-refractivity contribution < 1.29 is 9.13 Å². The van der Waals surface area contributed by atoms with Crippen molar-refractivity contribution in [2.24, 2.45) is 5.92 Å². The van der Waals surface area contributed by atoms with Gasteiger partial charge in [-0.1, -0.05) is 19.1 Å². The van der Waals surface area contributed by atoms with E-state index in [1.807, 2.05) is 12.1 Å². The van der Waals surface area contributed by atoms with Gasteiger partial charge in [-0.25, -0.2) is 4.39 Å². The molecule has 0 aliphatic carbocycles. The first kappa shape index (κ1) is 14.0. The molecule has 0 radical (unpaired) electrons. The van der Waals surface area contributed by atoms with Crippen LogP contribution < -0.4 is 5.32 Å². The third-order valence-corrected chi connectivity index (χ3v) is 4.09. The van der Waals surface area contributed by atoms with Crippen molar-refractivity contribution in [1.82, 2.24) is 5.32 Å². The van der Waals surface area contributed by atoms with Crippen LogP contribution >= 0.6 is 15.9 Å². The maximum absolute atomic E-state index is 14.2. The summed E-state index contributed by atoms with van der Waals surface area (Å²) in [6, 6.07) is 5.59. The van der Waals surface area contributed by atoms with Gasteiger partial charge in [-0.3, -0.25) is 0 Å². The van der Waals surface area contributed by atoms with Gasteiger partial charge in [0.1, 0.15) is 5.82 Å². The summed E-state index contributed by atoms with van der Waals surface area (Å²) in [5.41, 5.74) is 0.762. The summed E-state index contributed by atoms with van der Waals surface area (Å²) in [6.07, 6.45) is 1.98. The molecule has 2 rings (SSSR count).